The molecule has 0 saturated carbocycles. The van der Waals surface area contributed by atoms with Gasteiger partial charge in [-0.15, -0.1) is 0 Å². The van der Waals surface area contributed by atoms with Gasteiger partial charge in [-0.25, -0.2) is 18.1 Å². The average molecular weight is 375 g/mol. The first kappa shape index (κ1) is 16.1. The first-order valence-corrected chi connectivity index (χ1v) is 8.35. The second-order valence-corrected chi connectivity index (χ2v) is 7.07. The van der Waals surface area contributed by atoms with Crippen LogP contribution in [0.1, 0.15) is 17.0 Å². The molecule has 0 amide bonds. The Labute approximate surface area is 131 Å². The normalized spacial score (nSPS) is 11.8. The number of aromatic nitrogens is 3. The lowest BCUT2D eigenvalue weighted by molar-refractivity contribution is 0.281. The van der Waals surface area contributed by atoms with Gasteiger partial charge in [-0.05, 0) is 40.0 Å². The predicted molar refractivity (Wildman–Crippen MR) is 79.8 cm³/mol. The maximum absolute atomic E-state index is 12.4. The van der Waals surface area contributed by atoms with E-state index in [0.29, 0.717) is 15.9 Å². The standard InChI is InChI=1S/C12H15BrN4O3S/c1-8-3-9(6-18)4-10(12(8)13)21(19,20)15-5-11-14-7-17(2)16-11/h3-4,7,15,18H,5-6H2,1-2H3. The number of benzene rings is 1. The molecular weight excluding hydrogens is 360 g/mol. The highest BCUT2D eigenvalue weighted by Crippen LogP contribution is 2.27. The molecule has 114 valence electrons. The molecule has 0 atom stereocenters. The zero-order chi connectivity index (χ0) is 15.6. The molecule has 1 aromatic heterocycles. The summed E-state index contributed by atoms with van der Waals surface area (Å²) in [7, 11) is -2.03. The average Bonchev–Trinajstić information content (AvgIpc) is 2.85. The van der Waals surface area contributed by atoms with E-state index in [-0.39, 0.29) is 18.0 Å². The SMILES string of the molecule is Cc1cc(CO)cc(S(=O)(=O)NCc2ncn(C)n2)c1Br. The lowest BCUT2D eigenvalue weighted by Crippen LogP contribution is -2.24. The van der Waals surface area contributed by atoms with Gasteiger partial charge < -0.3 is 5.11 Å². The molecule has 0 aliphatic heterocycles. The van der Waals surface area contributed by atoms with Gasteiger partial charge in [0.2, 0.25) is 10.0 Å². The fourth-order valence-electron chi connectivity index (χ4n) is 1.80. The zero-order valence-electron chi connectivity index (χ0n) is 11.5. The monoisotopic (exact) mass is 374 g/mol. The minimum Gasteiger partial charge on any atom is -0.392 e. The molecular formula is C12H15BrN4O3S. The Morgan fingerprint density at radius 3 is 2.71 bits per heavy atom. The second kappa shape index (κ2) is 6.22. The first-order valence-electron chi connectivity index (χ1n) is 6.07. The highest BCUT2D eigenvalue weighted by molar-refractivity contribution is 9.10. The number of hydrogen-bond acceptors (Lipinski definition) is 5. The van der Waals surface area contributed by atoms with Crippen molar-refractivity contribution in [2.45, 2.75) is 25.0 Å². The van der Waals surface area contributed by atoms with Gasteiger partial charge in [0.15, 0.2) is 5.82 Å². The molecule has 0 fully saturated rings. The van der Waals surface area contributed by atoms with Gasteiger partial charge in [0, 0.05) is 11.5 Å². The van der Waals surface area contributed by atoms with Crippen LogP contribution in [0.3, 0.4) is 0 Å². The summed E-state index contributed by atoms with van der Waals surface area (Å²) in [6.45, 7) is 1.54. The largest absolute Gasteiger partial charge is 0.392 e. The van der Waals surface area contributed by atoms with Crippen molar-refractivity contribution in [3.63, 3.8) is 0 Å². The summed E-state index contributed by atoms with van der Waals surface area (Å²) in [6.07, 6.45) is 1.50. The maximum atomic E-state index is 12.4. The van der Waals surface area contributed by atoms with Gasteiger partial charge in [0.25, 0.3) is 0 Å². The molecule has 0 aliphatic rings. The lowest BCUT2D eigenvalue weighted by Gasteiger charge is -2.11. The number of sulfonamides is 1. The van der Waals surface area contributed by atoms with Crippen LogP contribution in [0.4, 0.5) is 0 Å². The van der Waals surface area contributed by atoms with E-state index >= 15 is 0 Å². The Balaban J connectivity index is 2.29. The third-order valence-corrected chi connectivity index (χ3v) is 5.56. The van der Waals surface area contributed by atoms with Gasteiger partial charge >= 0.3 is 0 Å². The summed E-state index contributed by atoms with van der Waals surface area (Å²) in [5.41, 5.74) is 1.27. The van der Waals surface area contributed by atoms with Gasteiger partial charge in [-0.1, -0.05) is 6.07 Å². The molecule has 0 aliphatic carbocycles. The fourth-order valence-corrected chi connectivity index (χ4v) is 3.84. The van der Waals surface area contributed by atoms with Crippen molar-refractivity contribution in [1.29, 1.82) is 0 Å². The fraction of sp³-hybridized carbons (Fsp3) is 0.333. The first-order chi connectivity index (χ1) is 9.83. The smallest absolute Gasteiger partial charge is 0.242 e. The number of rotatable bonds is 5. The van der Waals surface area contributed by atoms with E-state index in [1.807, 2.05) is 0 Å². The minimum absolute atomic E-state index is 0.00197. The van der Waals surface area contributed by atoms with Gasteiger partial charge in [-0.2, -0.15) is 5.10 Å². The van der Waals surface area contributed by atoms with Crippen LogP contribution in [0.25, 0.3) is 0 Å². The number of nitrogens with one attached hydrogen (secondary N) is 1. The zero-order valence-corrected chi connectivity index (χ0v) is 13.9. The van der Waals surface area contributed by atoms with Gasteiger partial charge in [-0.3, -0.25) is 4.68 Å². The van der Waals surface area contributed by atoms with Crippen LogP contribution in [-0.2, 0) is 30.2 Å². The quantitative estimate of drug-likeness (QED) is 0.808. The van der Waals surface area contributed by atoms with Crippen molar-refractivity contribution < 1.29 is 13.5 Å². The van der Waals surface area contributed by atoms with E-state index in [1.165, 1.54) is 17.1 Å². The Morgan fingerprint density at radius 2 is 2.14 bits per heavy atom. The second-order valence-electron chi connectivity index (χ2n) is 4.54. The third-order valence-electron chi connectivity index (χ3n) is 2.82. The highest BCUT2D eigenvalue weighted by Gasteiger charge is 2.20. The molecule has 2 aromatic rings. The van der Waals surface area contributed by atoms with Crippen LogP contribution in [0.2, 0.25) is 0 Å². The molecule has 0 radical (unpaired) electrons. The van der Waals surface area contributed by atoms with Crippen LogP contribution in [0.15, 0.2) is 27.8 Å². The topological polar surface area (TPSA) is 97.1 Å². The van der Waals surface area contributed by atoms with Crippen LogP contribution in [-0.4, -0.2) is 28.3 Å². The van der Waals surface area contributed by atoms with E-state index in [0.717, 1.165) is 5.56 Å². The van der Waals surface area contributed by atoms with Crippen molar-refractivity contribution >= 4 is 26.0 Å². The van der Waals surface area contributed by atoms with E-state index in [1.54, 1.807) is 20.0 Å². The Kier molecular flexibility index (Phi) is 4.77. The number of halogens is 1. The Bertz CT molecular complexity index is 758. The van der Waals surface area contributed by atoms with Crippen molar-refractivity contribution in [2.24, 2.45) is 7.05 Å². The van der Waals surface area contributed by atoms with Crippen molar-refractivity contribution in [1.82, 2.24) is 19.5 Å². The van der Waals surface area contributed by atoms with E-state index in [9.17, 15) is 13.5 Å². The molecule has 21 heavy (non-hydrogen) atoms. The van der Waals surface area contributed by atoms with E-state index in [4.69, 9.17) is 0 Å². The summed E-state index contributed by atoms with van der Waals surface area (Å²) in [5.74, 6) is 0.382. The maximum Gasteiger partial charge on any atom is 0.242 e. The molecule has 2 rings (SSSR count). The molecule has 1 aromatic carbocycles. The number of aliphatic hydroxyl groups excluding tert-OH is 1. The molecule has 0 bridgehead atoms. The Morgan fingerprint density at radius 1 is 1.43 bits per heavy atom. The van der Waals surface area contributed by atoms with Crippen LogP contribution < -0.4 is 4.72 Å². The molecule has 7 nitrogen and oxygen atoms in total. The summed E-state index contributed by atoms with van der Waals surface area (Å²) in [5, 5.41) is 13.2. The molecule has 0 unspecified atom stereocenters. The van der Waals surface area contributed by atoms with Crippen molar-refractivity contribution in [3.8, 4) is 0 Å². The van der Waals surface area contributed by atoms with Gasteiger partial charge in [0.1, 0.15) is 6.33 Å². The van der Waals surface area contributed by atoms with E-state index < -0.39 is 10.0 Å². The van der Waals surface area contributed by atoms with Gasteiger partial charge in [0.05, 0.1) is 18.0 Å². The summed E-state index contributed by atoms with van der Waals surface area (Å²) in [6, 6.07) is 3.16. The van der Waals surface area contributed by atoms with Crippen LogP contribution in [0.5, 0.6) is 0 Å². The summed E-state index contributed by atoms with van der Waals surface area (Å²) in [4.78, 5) is 4.05. The molecule has 0 spiro atoms. The number of nitrogens with zero attached hydrogens (tertiary/aromatic N) is 3. The number of aryl methyl sites for hydroxylation is 2. The summed E-state index contributed by atoms with van der Waals surface area (Å²) >= 11 is 3.27. The van der Waals surface area contributed by atoms with Crippen molar-refractivity contribution in [3.05, 3.63) is 39.9 Å². The lowest BCUT2D eigenvalue weighted by atomic mass is 10.1. The number of aliphatic hydroxyl groups is 1. The van der Waals surface area contributed by atoms with Crippen molar-refractivity contribution in [2.75, 3.05) is 0 Å². The summed E-state index contributed by atoms with van der Waals surface area (Å²) < 4.78 is 29.2. The van der Waals surface area contributed by atoms with Crippen LogP contribution >= 0.6 is 15.9 Å². The minimum atomic E-state index is -3.73. The third kappa shape index (κ3) is 3.67. The molecule has 2 N–H and O–H groups in total. The Hall–Kier alpha value is -1.29. The van der Waals surface area contributed by atoms with Crippen LogP contribution in [0, 0.1) is 6.92 Å². The number of hydrogen-bond donors (Lipinski definition) is 2. The predicted octanol–water partition coefficient (Wildman–Crippen LogP) is 0.857. The molecule has 0 saturated heterocycles. The molecule has 9 heteroatoms. The molecule has 1 heterocycles. The van der Waals surface area contributed by atoms with E-state index in [2.05, 4.69) is 30.7 Å². The highest BCUT2D eigenvalue weighted by atomic mass is 79.9.